The highest BCUT2D eigenvalue weighted by molar-refractivity contribution is 5.71. The molecule has 2 fully saturated rings. The van der Waals surface area contributed by atoms with E-state index in [4.69, 9.17) is 18.9 Å². The first kappa shape index (κ1) is 28.2. The summed E-state index contributed by atoms with van der Waals surface area (Å²) in [7, 11) is 3.02. The third kappa shape index (κ3) is 6.33. The van der Waals surface area contributed by atoms with Crippen molar-refractivity contribution in [3.8, 4) is 22.6 Å². The Balaban J connectivity index is 1.43. The van der Waals surface area contributed by atoms with Crippen LogP contribution in [0, 0.1) is 17.2 Å². The van der Waals surface area contributed by atoms with Gasteiger partial charge in [0.05, 0.1) is 26.7 Å². The molecular weight excluding hydrogens is 507 g/mol. The number of benzene rings is 3. The van der Waals surface area contributed by atoms with E-state index >= 15 is 4.39 Å². The van der Waals surface area contributed by atoms with Crippen LogP contribution in [0.15, 0.2) is 60.7 Å². The van der Waals surface area contributed by atoms with E-state index < -0.39 is 0 Å². The second-order valence-electron chi connectivity index (χ2n) is 11.7. The third-order valence-corrected chi connectivity index (χ3v) is 8.32. The van der Waals surface area contributed by atoms with Gasteiger partial charge in [0.1, 0.15) is 23.9 Å². The lowest BCUT2D eigenvalue weighted by molar-refractivity contribution is -0.141. The van der Waals surface area contributed by atoms with Crippen molar-refractivity contribution in [1.82, 2.24) is 0 Å². The van der Waals surface area contributed by atoms with Crippen LogP contribution in [0.5, 0.6) is 11.5 Å². The van der Waals surface area contributed by atoms with Gasteiger partial charge in [-0.25, -0.2) is 4.39 Å². The van der Waals surface area contributed by atoms with Gasteiger partial charge in [-0.15, -0.1) is 0 Å². The lowest BCUT2D eigenvalue weighted by atomic mass is 9.75. The van der Waals surface area contributed by atoms with Gasteiger partial charge < -0.3 is 18.9 Å². The quantitative estimate of drug-likeness (QED) is 0.241. The van der Waals surface area contributed by atoms with Crippen LogP contribution in [0.3, 0.4) is 0 Å². The Labute approximate surface area is 236 Å². The number of hydrogen-bond donors (Lipinski definition) is 0. The molecular formula is C34H39FO5. The van der Waals surface area contributed by atoms with E-state index in [0.29, 0.717) is 36.9 Å². The van der Waals surface area contributed by atoms with Crippen LogP contribution in [0.1, 0.15) is 74.7 Å². The van der Waals surface area contributed by atoms with Crippen molar-refractivity contribution < 1.29 is 28.1 Å². The van der Waals surface area contributed by atoms with Crippen LogP contribution >= 0.6 is 0 Å². The molecule has 1 aliphatic carbocycles. The molecule has 0 aromatic heterocycles. The number of methoxy groups -OCH3 is 2. The molecule has 212 valence electrons. The molecule has 1 saturated heterocycles. The van der Waals surface area contributed by atoms with Gasteiger partial charge in [-0.05, 0) is 102 Å². The zero-order valence-electron chi connectivity index (χ0n) is 23.9. The molecule has 5 nitrogen and oxygen atoms in total. The Morgan fingerprint density at radius 1 is 1.02 bits per heavy atom. The topological polar surface area (TPSA) is 54.0 Å². The number of carbonyl (C=O) groups excluding carboxylic acids is 1. The molecule has 1 heterocycles. The van der Waals surface area contributed by atoms with Crippen molar-refractivity contribution in [3.63, 3.8) is 0 Å². The van der Waals surface area contributed by atoms with Crippen LogP contribution in [0.2, 0.25) is 0 Å². The maximum Gasteiger partial charge on any atom is 0.306 e. The Morgan fingerprint density at radius 2 is 1.85 bits per heavy atom. The van der Waals surface area contributed by atoms with Gasteiger partial charge in [0.25, 0.3) is 0 Å². The zero-order valence-corrected chi connectivity index (χ0v) is 23.9. The van der Waals surface area contributed by atoms with Crippen molar-refractivity contribution in [2.24, 2.45) is 11.3 Å². The maximum atomic E-state index is 15.1. The van der Waals surface area contributed by atoms with E-state index in [1.54, 1.807) is 19.2 Å². The fourth-order valence-electron chi connectivity index (χ4n) is 5.92. The molecule has 6 heteroatoms. The summed E-state index contributed by atoms with van der Waals surface area (Å²) in [6.07, 6.45) is 4.50. The number of rotatable bonds is 10. The summed E-state index contributed by atoms with van der Waals surface area (Å²) < 4.78 is 38.1. The number of halogens is 1. The predicted molar refractivity (Wildman–Crippen MR) is 153 cm³/mol. The Kier molecular flexibility index (Phi) is 8.46. The molecule has 1 saturated carbocycles. The molecule has 2 atom stereocenters. The molecule has 0 N–H and O–H groups in total. The molecule has 0 radical (unpaired) electrons. The summed E-state index contributed by atoms with van der Waals surface area (Å²) >= 11 is 0. The van der Waals surface area contributed by atoms with Crippen LogP contribution in [-0.4, -0.2) is 26.8 Å². The van der Waals surface area contributed by atoms with E-state index in [-0.39, 0.29) is 29.2 Å². The fraction of sp³-hybridized carbons (Fsp3) is 0.441. The Morgan fingerprint density at radius 3 is 2.58 bits per heavy atom. The minimum absolute atomic E-state index is 0.104. The highest BCUT2D eigenvalue weighted by Crippen LogP contribution is 2.48. The zero-order chi connectivity index (χ0) is 28.3. The average Bonchev–Trinajstić information content (AvgIpc) is 3.80. The summed E-state index contributed by atoms with van der Waals surface area (Å²) in [6, 6.07) is 18.9. The Bertz CT molecular complexity index is 1350. The van der Waals surface area contributed by atoms with Gasteiger partial charge in [0.15, 0.2) is 0 Å². The van der Waals surface area contributed by atoms with Gasteiger partial charge in [-0.2, -0.15) is 0 Å². The molecule has 0 unspecified atom stereocenters. The standard InChI is InChI=1S/C34H39FO5/c1-34(2)15-6-16-39-33(34)30-17-22(9-13-27(30)29-19-25(37-3)12-14-31(29)35)21-40-26-8-5-7-24(18-26)28(23-10-11-23)20-32(36)38-4/h5,7-9,12-14,17-19,23,28,33H,6,10-11,15-16,20-21H2,1-4H3/t28-,33+/m1/s1. The largest absolute Gasteiger partial charge is 0.497 e. The molecule has 1 aliphatic heterocycles. The van der Waals surface area contributed by atoms with Crippen LogP contribution in [-0.2, 0) is 20.9 Å². The van der Waals surface area contributed by atoms with Crippen LogP contribution < -0.4 is 9.47 Å². The SMILES string of the molecule is COC(=O)C[C@@H](c1cccc(OCc2ccc(-c3cc(OC)ccc3F)c([C@@H]3OCCCC3(C)C)c2)c1)C1CC1. The molecule has 0 spiro atoms. The van der Waals surface area contributed by atoms with Gasteiger partial charge in [0, 0.05) is 12.2 Å². The summed E-state index contributed by atoms with van der Waals surface area (Å²) in [5.74, 6) is 1.54. The lowest BCUT2D eigenvalue weighted by Crippen LogP contribution is -2.30. The first-order valence-corrected chi connectivity index (χ1v) is 14.2. The van der Waals surface area contributed by atoms with Crippen molar-refractivity contribution >= 4 is 5.97 Å². The van der Waals surface area contributed by atoms with E-state index in [0.717, 1.165) is 53.7 Å². The highest BCUT2D eigenvalue weighted by atomic mass is 19.1. The van der Waals surface area contributed by atoms with Gasteiger partial charge in [-0.1, -0.05) is 38.1 Å². The van der Waals surface area contributed by atoms with Crippen LogP contribution in [0.4, 0.5) is 4.39 Å². The molecule has 2 aliphatic rings. The number of hydrogen-bond acceptors (Lipinski definition) is 5. The van der Waals surface area contributed by atoms with Gasteiger partial charge in [0.2, 0.25) is 0 Å². The third-order valence-electron chi connectivity index (χ3n) is 8.32. The second-order valence-corrected chi connectivity index (χ2v) is 11.7. The summed E-state index contributed by atoms with van der Waals surface area (Å²) in [5, 5.41) is 0. The highest BCUT2D eigenvalue weighted by Gasteiger charge is 2.37. The maximum absolute atomic E-state index is 15.1. The first-order valence-electron chi connectivity index (χ1n) is 14.2. The van der Waals surface area contributed by atoms with E-state index in [1.165, 1.54) is 13.2 Å². The van der Waals surface area contributed by atoms with Gasteiger partial charge >= 0.3 is 5.97 Å². The first-order chi connectivity index (χ1) is 19.3. The molecule has 0 bridgehead atoms. The molecule has 3 aromatic carbocycles. The smallest absolute Gasteiger partial charge is 0.306 e. The number of esters is 1. The predicted octanol–water partition coefficient (Wildman–Crippen LogP) is 8.01. The average molecular weight is 547 g/mol. The molecule has 3 aromatic rings. The number of ether oxygens (including phenoxy) is 4. The van der Waals surface area contributed by atoms with Crippen LogP contribution in [0.25, 0.3) is 11.1 Å². The molecule has 0 amide bonds. The van der Waals surface area contributed by atoms with Crippen molar-refractivity contribution in [2.45, 2.75) is 64.6 Å². The normalized spacial score (nSPS) is 19.1. The fourth-order valence-corrected chi connectivity index (χ4v) is 5.92. The summed E-state index contributed by atoms with van der Waals surface area (Å²) in [6.45, 7) is 5.45. The minimum atomic E-state index is -0.298. The monoisotopic (exact) mass is 546 g/mol. The van der Waals surface area contributed by atoms with Crippen molar-refractivity contribution in [1.29, 1.82) is 0 Å². The Hall–Kier alpha value is -3.38. The number of carbonyl (C=O) groups is 1. The summed E-state index contributed by atoms with van der Waals surface area (Å²) in [4.78, 5) is 12.0. The van der Waals surface area contributed by atoms with Crippen molar-refractivity contribution in [2.75, 3.05) is 20.8 Å². The van der Waals surface area contributed by atoms with E-state index in [9.17, 15) is 4.79 Å². The minimum Gasteiger partial charge on any atom is -0.497 e. The molecule has 5 rings (SSSR count). The second kappa shape index (κ2) is 12.0. The molecule has 40 heavy (non-hydrogen) atoms. The van der Waals surface area contributed by atoms with E-state index in [1.807, 2.05) is 30.3 Å². The van der Waals surface area contributed by atoms with Crippen molar-refractivity contribution in [3.05, 3.63) is 83.2 Å². The van der Waals surface area contributed by atoms with Gasteiger partial charge in [-0.3, -0.25) is 4.79 Å². The summed E-state index contributed by atoms with van der Waals surface area (Å²) in [5.41, 5.74) is 4.23. The lowest BCUT2D eigenvalue weighted by Gasteiger charge is -2.39. The van der Waals surface area contributed by atoms with E-state index in [2.05, 4.69) is 26.0 Å².